The van der Waals surface area contributed by atoms with Crippen LogP contribution in [0, 0.1) is 5.92 Å². The largest absolute Gasteiger partial charge is 0.394 e. The lowest BCUT2D eigenvalue weighted by atomic mass is 9.76. The molecule has 2 aliphatic rings. The number of nitrogens with one attached hydrogen (secondary N) is 1. The van der Waals surface area contributed by atoms with Gasteiger partial charge in [-0.3, -0.25) is 4.79 Å². The normalized spacial score (nSPS) is 38.0. The van der Waals surface area contributed by atoms with E-state index in [1.54, 1.807) is 11.8 Å². The van der Waals surface area contributed by atoms with Crippen LogP contribution in [0.5, 0.6) is 0 Å². The Morgan fingerprint density at radius 1 is 1.47 bits per heavy atom. The fraction of sp³-hybridized carbons (Fsp3) is 0.923. The second kappa shape index (κ2) is 5.61. The molecule has 1 amide bonds. The first-order chi connectivity index (χ1) is 8.15. The van der Waals surface area contributed by atoms with Crippen molar-refractivity contribution in [3.63, 3.8) is 0 Å². The van der Waals surface area contributed by atoms with Crippen molar-refractivity contribution in [3.05, 3.63) is 0 Å². The van der Waals surface area contributed by atoms with Crippen LogP contribution in [-0.4, -0.2) is 34.2 Å². The van der Waals surface area contributed by atoms with Gasteiger partial charge < -0.3 is 10.4 Å². The van der Waals surface area contributed by atoms with Crippen molar-refractivity contribution in [1.82, 2.24) is 5.32 Å². The maximum Gasteiger partial charge on any atom is 0.233 e. The lowest BCUT2D eigenvalue weighted by Crippen LogP contribution is -2.55. The maximum atomic E-state index is 12.1. The van der Waals surface area contributed by atoms with Crippen molar-refractivity contribution in [1.29, 1.82) is 0 Å². The van der Waals surface area contributed by atoms with E-state index in [4.69, 9.17) is 0 Å². The fourth-order valence-electron chi connectivity index (χ4n) is 3.08. The summed E-state index contributed by atoms with van der Waals surface area (Å²) in [6.07, 6.45) is 6.32. The molecule has 3 unspecified atom stereocenters. The lowest BCUT2D eigenvalue weighted by Gasteiger charge is -2.40. The van der Waals surface area contributed by atoms with Crippen LogP contribution in [0.25, 0.3) is 0 Å². The molecule has 0 bridgehead atoms. The summed E-state index contributed by atoms with van der Waals surface area (Å²) in [5.41, 5.74) is -0.335. The van der Waals surface area contributed by atoms with Crippen LogP contribution in [0.4, 0.5) is 0 Å². The molecule has 1 aliphatic carbocycles. The van der Waals surface area contributed by atoms with Crippen LogP contribution in [0.2, 0.25) is 0 Å². The number of hydrogen-bond acceptors (Lipinski definition) is 3. The second-order valence-electron chi connectivity index (χ2n) is 5.63. The van der Waals surface area contributed by atoms with Gasteiger partial charge in [0.25, 0.3) is 0 Å². The van der Waals surface area contributed by atoms with E-state index < -0.39 is 0 Å². The molecule has 98 valence electrons. The van der Waals surface area contributed by atoms with Crippen molar-refractivity contribution < 1.29 is 9.90 Å². The number of thioether (sulfide) groups is 1. The first kappa shape index (κ1) is 13.2. The molecule has 0 aromatic carbocycles. The monoisotopic (exact) mass is 257 g/mol. The number of aliphatic hydroxyl groups excluding tert-OH is 1. The molecule has 3 nitrogen and oxygen atoms in total. The zero-order chi connectivity index (χ0) is 12.3. The SMILES string of the molecule is CC1CCCC(CO)(NC(=O)C2CCCS2)C1. The summed E-state index contributed by atoms with van der Waals surface area (Å²) in [6, 6.07) is 0. The predicted molar refractivity (Wildman–Crippen MR) is 71.1 cm³/mol. The van der Waals surface area contributed by atoms with Gasteiger partial charge in [-0.25, -0.2) is 0 Å². The van der Waals surface area contributed by atoms with Crippen LogP contribution in [0.3, 0.4) is 0 Å². The van der Waals surface area contributed by atoms with E-state index in [1.165, 1.54) is 6.42 Å². The first-order valence-corrected chi connectivity index (χ1v) is 7.74. The molecule has 3 atom stereocenters. The van der Waals surface area contributed by atoms with E-state index in [9.17, 15) is 9.90 Å². The van der Waals surface area contributed by atoms with E-state index in [0.717, 1.165) is 37.9 Å². The van der Waals surface area contributed by atoms with E-state index >= 15 is 0 Å². The molecule has 0 aromatic heterocycles. The summed E-state index contributed by atoms with van der Waals surface area (Å²) >= 11 is 1.76. The number of carbonyl (C=O) groups excluding carboxylic acids is 1. The quantitative estimate of drug-likeness (QED) is 0.812. The molecular weight excluding hydrogens is 234 g/mol. The number of aliphatic hydroxyl groups is 1. The van der Waals surface area contributed by atoms with Crippen molar-refractivity contribution in [2.45, 2.75) is 56.2 Å². The molecule has 1 aliphatic heterocycles. The summed E-state index contributed by atoms with van der Waals surface area (Å²) in [5.74, 6) is 1.85. The van der Waals surface area contributed by atoms with Gasteiger partial charge in [-0.15, -0.1) is 11.8 Å². The zero-order valence-corrected chi connectivity index (χ0v) is 11.4. The van der Waals surface area contributed by atoms with Crippen molar-refractivity contribution >= 4 is 17.7 Å². The van der Waals surface area contributed by atoms with Gasteiger partial charge in [0.2, 0.25) is 5.91 Å². The summed E-state index contributed by atoms with van der Waals surface area (Å²) in [6.45, 7) is 2.29. The molecule has 4 heteroatoms. The van der Waals surface area contributed by atoms with Gasteiger partial charge in [0, 0.05) is 0 Å². The van der Waals surface area contributed by atoms with E-state index in [1.807, 2.05) is 0 Å². The maximum absolute atomic E-state index is 12.1. The summed E-state index contributed by atoms with van der Waals surface area (Å²) in [5, 5.41) is 12.9. The second-order valence-corrected chi connectivity index (χ2v) is 6.94. The first-order valence-electron chi connectivity index (χ1n) is 6.70. The van der Waals surface area contributed by atoms with Crippen molar-refractivity contribution in [2.75, 3.05) is 12.4 Å². The zero-order valence-electron chi connectivity index (χ0n) is 10.6. The minimum Gasteiger partial charge on any atom is -0.394 e. The predicted octanol–water partition coefficient (Wildman–Crippen LogP) is 1.94. The molecule has 2 fully saturated rings. The smallest absolute Gasteiger partial charge is 0.233 e. The minimum absolute atomic E-state index is 0.0838. The Hall–Kier alpha value is -0.220. The van der Waals surface area contributed by atoms with E-state index in [2.05, 4.69) is 12.2 Å². The van der Waals surface area contributed by atoms with Gasteiger partial charge >= 0.3 is 0 Å². The van der Waals surface area contributed by atoms with Crippen LogP contribution >= 0.6 is 11.8 Å². The molecule has 17 heavy (non-hydrogen) atoms. The molecule has 1 heterocycles. The van der Waals surface area contributed by atoms with Crippen LogP contribution < -0.4 is 5.32 Å². The number of hydrogen-bond donors (Lipinski definition) is 2. The molecule has 0 spiro atoms. The Balaban J connectivity index is 1.95. The lowest BCUT2D eigenvalue weighted by molar-refractivity contribution is -0.123. The third-order valence-electron chi connectivity index (χ3n) is 4.00. The average molecular weight is 257 g/mol. The Morgan fingerprint density at radius 3 is 2.88 bits per heavy atom. The standard InChI is InChI=1S/C13H23NO2S/c1-10-4-2-6-13(8-10,9-15)14-12(16)11-5-3-7-17-11/h10-11,15H,2-9H2,1H3,(H,14,16). The molecule has 0 aromatic rings. The minimum atomic E-state index is -0.335. The Labute approximate surface area is 108 Å². The van der Waals surface area contributed by atoms with Gasteiger partial charge in [-0.2, -0.15) is 0 Å². The summed E-state index contributed by atoms with van der Waals surface area (Å²) < 4.78 is 0. The highest BCUT2D eigenvalue weighted by atomic mass is 32.2. The molecular formula is C13H23NO2S. The van der Waals surface area contributed by atoms with Gasteiger partial charge in [0.1, 0.15) is 0 Å². The van der Waals surface area contributed by atoms with Crippen LogP contribution in [-0.2, 0) is 4.79 Å². The number of rotatable bonds is 3. The number of amides is 1. The summed E-state index contributed by atoms with van der Waals surface area (Å²) in [4.78, 5) is 12.1. The molecule has 2 rings (SSSR count). The molecule has 1 saturated carbocycles. The molecule has 0 radical (unpaired) electrons. The highest BCUT2D eigenvalue weighted by Gasteiger charge is 2.37. The van der Waals surface area contributed by atoms with Crippen LogP contribution in [0.15, 0.2) is 0 Å². The molecule has 1 saturated heterocycles. The summed E-state index contributed by atoms with van der Waals surface area (Å²) in [7, 11) is 0. The van der Waals surface area contributed by atoms with E-state index in [-0.39, 0.29) is 23.3 Å². The van der Waals surface area contributed by atoms with E-state index in [0.29, 0.717) is 5.92 Å². The highest BCUT2D eigenvalue weighted by Crippen LogP contribution is 2.33. The van der Waals surface area contributed by atoms with Gasteiger partial charge in [-0.1, -0.05) is 19.8 Å². The van der Waals surface area contributed by atoms with Crippen molar-refractivity contribution in [2.24, 2.45) is 5.92 Å². The number of carbonyl (C=O) groups is 1. The Bertz CT molecular complexity index is 279. The highest BCUT2D eigenvalue weighted by molar-refractivity contribution is 8.00. The third kappa shape index (κ3) is 3.16. The molecule has 2 N–H and O–H groups in total. The Morgan fingerprint density at radius 2 is 2.29 bits per heavy atom. The van der Waals surface area contributed by atoms with Crippen LogP contribution in [0.1, 0.15) is 45.4 Å². The van der Waals surface area contributed by atoms with Gasteiger partial charge in [0.05, 0.1) is 17.4 Å². The third-order valence-corrected chi connectivity index (χ3v) is 5.38. The topological polar surface area (TPSA) is 49.3 Å². The fourth-order valence-corrected chi connectivity index (χ4v) is 4.24. The van der Waals surface area contributed by atoms with Gasteiger partial charge in [-0.05, 0) is 37.4 Å². The Kier molecular flexibility index (Phi) is 4.36. The van der Waals surface area contributed by atoms with Crippen molar-refractivity contribution in [3.8, 4) is 0 Å². The van der Waals surface area contributed by atoms with Gasteiger partial charge in [0.15, 0.2) is 0 Å². The average Bonchev–Trinajstić information content (AvgIpc) is 2.82.